The third-order valence-electron chi connectivity index (χ3n) is 3.69. The van der Waals surface area contributed by atoms with Crippen LogP contribution in [0.15, 0.2) is 24.3 Å². The molecule has 24 heavy (non-hydrogen) atoms. The van der Waals surface area contributed by atoms with Gasteiger partial charge in [0.15, 0.2) is 6.61 Å². The van der Waals surface area contributed by atoms with Crippen molar-refractivity contribution < 1.29 is 27.4 Å². The molecule has 0 aromatic heterocycles. The number of alkyl halides is 3. The van der Waals surface area contributed by atoms with Gasteiger partial charge in [-0.2, -0.15) is 13.2 Å². The highest BCUT2D eigenvalue weighted by Crippen LogP contribution is 2.19. The smallest absolute Gasteiger partial charge is 0.422 e. The second-order valence-corrected chi connectivity index (χ2v) is 5.68. The van der Waals surface area contributed by atoms with Gasteiger partial charge >= 0.3 is 6.18 Å². The Hall–Kier alpha value is -1.80. The van der Waals surface area contributed by atoms with Crippen molar-refractivity contribution in [1.29, 1.82) is 0 Å². The third kappa shape index (κ3) is 6.37. The van der Waals surface area contributed by atoms with Gasteiger partial charge < -0.3 is 20.1 Å². The van der Waals surface area contributed by atoms with Gasteiger partial charge in [0, 0.05) is 19.2 Å². The van der Waals surface area contributed by atoms with E-state index in [1.54, 1.807) is 12.1 Å². The Bertz CT molecular complexity index is 552. The van der Waals surface area contributed by atoms with Crippen molar-refractivity contribution in [3.63, 3.8) is 0 Å². The average molecular weight is 346 g/mol. The molecule has 0 bridgehead atoms. The van der Waals surface area contributed by atoms with Crippen LogP contribution in [0.4, 0.5) is 13.2 Å². The highest BCUT2D eigenvalue weighted by Gasteiger charge is 2.28. The number of hydrogen-bond acceptors (Lipinski definition) is 4. The predicted molar refractivity (Wildman–Crippen MR) is 81.7 cm³/mol. The van der Waals surface area contributed by atoms with Gasteiger partial charge in [-0.05, 0) is 31.0 Å². The summed E-state index contributed by atoms with van der Waals surface area (Å²) in [6.07, 6.45) is -3.43. The minimum absolute atomic E-state index is 0.0836. The summed E-state index contributed by atoms with van der Waals surface area (Å²) in [5.74, 6) is -0.0650. The summed E-state index contributed by atoms with van der Waals surface area (Å²) in [5, 5.41) is 5.85. The first-order chi connectivity index (χ1) is 11.3. The van der Waals surface area contributed by atoms with Crippen molar-refractivity contribution >= 4 is 5.91 Å². The van der Waals surface area contributed by atoms with E-state index in [9.17, 15) is 18.0 Å². The summed E-state index contributed by atoms with van der Waals surface area (Å²) in [6, 6.07) is 6.38. The molecule has 0 saturated carbocycles. The summed E-state index contributed by atoms with van der Waals surface area (Å²) in [6.45, 7) is 1.69. The lowest BCUT2D eigenvalue weighted by atomic mass is 10.1. The number of nitrogens with one attached hydrogen (secondary N) is 2. The van der Waals surface area contributed by atoms with Crippen LogP contribution in [0.5, 0.6) is 5.75 Å². The lowest BCUT2D eigenvalue weighted by Gasteiger charge is -2.15. The highest BCUT2D eigenvalue weighted by molar-refractivity contribution is 5.78. The summed E-state index contributed by atoms with van der Waals surface area (Å²) in [5.41, 5.74) is 0.667. The number of benzene rings is 1. The molecule has 1 heterocycles. The fourth-order valence-electron chi connectivity index (χ4n) is 2.40. The van der Waals surface area contributed by atoms with Crippen LogP contribution in [0.25, 0.3) is 0 Å². The van der Waals surface area contributed by atoms with Crippen LogP contribution >= 0.6 is 0 Å². The topological polar surface area (TPSA) is 59.6 Å². The molecular weight excluding hydrogens is 325 g/mol. The molecule has 1 aromatic carbocycles. The molecule has 134 valence electrons. The number of carbonyl (C=O) groups is 1. The molecule has 8 heteroatoms. The normalized spacial score (nSPS) is 20.8. The summed E-state index contributed by atoms with van der Waals surface area (Å²) >= 11 is 0. The fraction of sp³-hybridized carbons (Fsp3) is 0.562. The monoisotopic (exact) mass is 346 g/mol. The Kier molecular flexibility index (Phi) is 6.44. The molecule has 0 spiro atoms. The zero-order valence-electron chi connectivity index (χ0n) is 13.4. The molecule has 1 aliphatic rings. The Balaban J connectivity index is 1.74. The second-order valence-electron chi connectivity index (χ2n) is 5.68. The highest BCUT2D eigenvalue weighted by atomic mass is 19.4. The molecule has 2 rings (SSSR count). The lowest BCUT2D eigenvalue weighted by molar-refractivity contribution is -0.153. The first-order valence-electron chi connectivity index (χ1n) is 7.73. The SMILES string of the molecule is C[C@H]1OCC[C@H]1NCC(=O)NCc1cccc(OCC(F)(F)F)c1. The largest absolute Gasteiger partial charge is 0.484 e. The quantitative estimate of drug-likeness (QED) is 0.793. The van der Waals surface area contributed by atoms with E-state index in [1.807, 2.05) is 6.92 Å². The molecular formula is C16H21F3N2O3. The van der Waals surface area contributed by atoms with Gasteiger partial charge in [-0.25, -0.2) is 0 Å². The molecule has 1 aliphatic heterocycles. The average Bonchev–Trinajstić information content (AvgIpc) is 2.94. The molecule has 1 saturated heterocycles. The van der Waals surface area contributed by atoms with Gasteiger partial charge in [0.25, 0.3) is 0 Å². The van der Waals surface area contributed by atoms with Crippen molar-refractivity contribution in [2.75, 3.05) is 19.8 Å². The van der Waals surface area contributed by atoms with E-state index >= 15 is 0 Å². The Morgan fingerprint density at radius 1 is 1.42 bits per heavy atom. The number of halogens is 3. The van der Waals surface area contributed by atoms with Crippen molar-refractivity contribution in [3.8, 4) is 5.75 Å². The van der Waals surface area contributed by atoms with Gasteiger partial charge in [0.1, 0.15) is 5.75 Å². The minimum atomic E-state index is -4.38. The number of ether oxygens (including phenoxy) is 2. The van der Waals surface area contributed by atoms with Gasteiger partial charge in [0.2, 0.25) is 5.91 Å². The summed E-state index contributed by atoms with van der Waals surface area (Å²) < 4.78 is 46.5. The lowest BCUT2D eigenvalue weighted by Crippen LogP contribution is -2.41. The van der Waals surface area contributed by atoms with E-state index in [4.69, 9.17) is 4.74 Å². The standard InChI is InChI=1S/C16H21F3N2O3/c1-11-14(5-6-23-11)20-9-15(22)21-8-12-3-2-4-13(7-12)24-10-16(17,18)19/h2-4,7,11,14,20H,5-6,8-10H2,1H3,(H,21,22)/t11-,14-/m1/s1. The Labute approximate surface area is 138 Å². The molecule has 2 atom stereocenters. The first kappa shape index (κ1) is 18.5. The first-order valence-corrected chi connectivity index (χ1v) is 7.73. The van der Waals surface area contributed by atoms with Gasteiger partial charge in [-0.1, -0.05) is 12.1 Å². The zero-order valence-corrected chi connectivity index (χ0v) is 13.4. The van der Waals surface area contributed by atoms with Crippen LogP contribution in [0.1, 0.15) is 18.9 Å². The molecule has 1 aromatic rings. The Morgan fingerprint density at radius 3 is 2.88 bits per heavy atom. The Morgan fingerprint density at radius 2 is 2.21 bits per heavy atom. The number of rotatable bonds is 7. The van der Waals surface area contributed by atoms with Crippen LogP contribution in [0.3, 0.4) is 0 Å². The maximum Gasteiger partial charge on any atom is 0.422 e. The van der Waals surface area contributed by atoms with E-state index in [0.717, 1.165) is 6.42 Å². The van der Waals surface area contributed by atoms with E-state index in [1.165, 1.54) is 12.1 Å². The predicted octanol–water partition coefficient (Wildman–Crippen LogP) is 2.01. The maximum atomic E-state index is 12.1. The van der Waals surface area contributed by atoms with Gasteiger partial charge in [-0.15, -0.1) is 0 Å². The van der Waals surface area contributed by atoms with Crippen LogP contribution < -0.4 is 15.4 Å². The van der Waals surface area contributed by atoms with Crippen LogP contribution in [-0.4, -0.2) is 44.0 Å². The number of hydrogen-bond donors (Lipinski definition) is 2. The molecule has 0 aliphatic carbocycles. The molecule has 2 N–H and O–H groups in total. The van der Waals surface area contributed by atoms with E-state index in [0.29, 0.717) is 12.2 Å². The van der Waals surface area contributed by atoms with Gasteiger partial charge in [0.05, 0.1) is 12.6 Å². The van der Waals surface area contributed by atoms with Gasteiger partial charge in [-0.3, -0.25) is 4.79 Å². The van der Waals surface area contributed by atoms with Crippen LogP contribution in [-0.2, 0) is 16.1 Å². The summed E-state index contributed by atoms with van der Waals surface area (Å²) in [7, 11) is 0. The fourth-order valence-corrected chi connectivity index (χ4v) is 2.40. The molecule has 1 amide bonds. The molecule has 1 fully saturated rings. The number of amides is 1. The molecule has 5 nitrogen and oxygen atoms in total. The van der Waals surface area contributed by atoms with Crippen molar-refractivity contribution in [1.82, 2.24) is 10.6 Å². The van der Waals surface area contributed by atoms with Crippen molar-refractivity contribution in [3.05, 3.63) is 29.8 Å². The number of carbonyl (C=O) groups excluding carboxylic acids is 1. The maximum absolute atomic E-state index is 12.1. The van der Waals surface area contributed by atoms with E-state index in [2.05, 4.69) is 15.4 Å². The molecule has 0 unspecified atom stereocenters. The van der Waals surface area contributed by atoms with Crippen molar-refractivity contribution in [2.24, 2.45) is 0 Å². The third-order valence-corrected chi connectivity index (χ3v) is 3.69. The summed E-state index contributed by atoms with van der Waals surface area (Å²) in [4.78, 5) is 11.8. The van der Waals surface area contributed by atoms with E-state index in [-0.39, 0.29) is 36.9 Å². The second kappa shape index (κ2) is 8.34. The van der Waals surface area contributed by atoms with Crippen molar-refractivity contribution in [2.45, 2.75) is 38.2 Å². The molecule has 0 radical (unpaired) electrons. The van der Waals surface area contributed by atoms with E-state index < -0.39 is 12.8 Å². The van der Waals surface area contributed by atoms with Crippen LogP contribution in [0, 0.1) is 0 Å². The van der Waals surface area contributed by atoms with Crippen LogP contribution in [0.2, 0.25) is 0 Å². The zero-order chi connectivity index (χ0) is 17.6. The minimum Gasteiger partial charge on any atom is -0.484 e.